The van der Waals surface area contributed by atoms with Crippen LogP contribution in [0.2, 0.25) is 0 Å². The molecule has 2 rings (SSSR count). The van der Waals surface area contributed by atoms with Gasteiger partial charge >= 0.3 is 0 Å². The van der Waals surface area contributed by atoms with Gasteiger partial charge < -0.3 is 10.0 Å². The van der Waals surface area contributed by atoms with Crippen molar-refractivity contribution in [1.82, 2.24) is 9.80 Å². The van der Waals surface area contributed by atoms with Gasteiger partial charge in [-0.1, -0.05) is 37.3 Å². The Labute approximate surface area is 146 Å². The van der Waals surface area contributed by atoms with Crippen molar-refractivity contribution in [1.29, 1.82) is 0 Å². The van der Waals surface area contributed by atoms with Crippen LogP contribution in [-0.4, -0.2) is 59.1 Å². The molecule has 1 aromatic carbocycles. The molecule has 134 valence electrons. The minimum atomic E-state index is -0.765. The Morgan fingerprint density at radius 1 is 1.25 bits per heavy atom. The smallest absolute Gasteiger partial charge is 0.236 e. The maximum Gasteiger partial charge on any atom is 0.236 e. The van der Waals surface area contributed by atoms with E-state index in [9.17, 15) is 9.90 Å². The third-order valence-corrected chi connectivity index (χ3v) is 4.75. The number of piperidine rings is 1. The molecule has 1 aliphatic rings. The highest BCUT2D eigenvalue weighted by molar-refractivity contribution is 5.78. The summed E-state index contributed by atoms with van der Waals surface area (Å²) >= 11 is 0. The molecule has 24 heavy (non-hydrogen) atoms. The molecule has 1 N–H and O–H groups in total. The topological polar surface area (TPSA) is 43.8 Å². The Morgan fingerprint density at radius 3 is 2.42 bits per heavy atom. The van der Waals surface area contributed by atoms with Crippen LogP contribution in [-0.2, 0) is 11.2 Å². The van der Waals surface area contributed by atoms with E-state index in [1.54, 1.807) is 13.8 Å². The summed E-state index contributed by atoms with van der Waals surface area (Å²) < 4.78 is 0. The highest BCUT2D eigenvalue weighted by Gasteiger charge is 2.25. The summed E-state index contributed by atoms with van der Waals surface area (Å²) in [4.78, 5) is 16.5. The average Bonchev–Trinajstić information content (AvgIpc) is 2.54. The first-order chi connectivity index (χ1) is 11.4. The molecule has 4 nitrogen and oxygen atoms in total. The van der Waals surface area contributed by atoms with Crippen molar-refractivity contribution < 1.29 is 9.90 Å². The number of aliphatic hydroxyl groups is 1. The lowest BCUT2D eigenvalue weighted by Gasteiger charge is -2.34. The number of likely N-dealkylation sites (tertiary alicyclic amines) is 1. The van der Waals surface area contributed by atoms with E-state index < -0.39 is 5.60 Å². The molecule has 0 atom stereocenters. The zero-order valence-electron chi connectivity index (χ0n) is 15.4. The highest BCUT2D eigenvalue weighted by Crippen LogP contribution is 2.22. The van der Waals surface area contributed by atoms with E-state index in [2.05, 4.69) is 30.3 Å². The van der Waals surface area contributed by atoms with E-state index >= 15 is 0 Å². The summed E-state index contributed by atoms with van der Waals surface area (Å²) in [7, 11) is 0. The number of carbonyl (C=O) groups is 1. The number of amides is 1. The standard InChI is InChI=1S/C20H32N2O2/c1-4-21(16-20(2,3)24)15-19(23)22-12-10-18(11-13-22)14-17-8-6-5-7-9-17/h5-9,18,24H,4,10-16H2,1-3H3. The minimum absolute atomic E-state index is 0.194. The quantitative estimate of drug-likeness (QED) is 0.834. The summed E-state index contributed by atoms with van der Waals surface area (Å²) in [6, 6.07) is 10.6. The fraction of sp³-hybridized carbons (Fsp3) is 0.650. The second-order valence-electron chi connectivity index (χ2n) is 7.63. The van der Waals surface area contributed by atoms with E-state index in [1.807, 2.05) is 16.7 Å². The second-order valence-corrected chi connectivity index (χ2v) is 7.63. The summed E-state index contributed by atoms with van der Waals surface area (Å²) in [5.41, 5.74) is 0.628. The highest BCUT2D eigenvalue weighted by atomic mass is 16.3. The van der Waals surface area contributed by atoms with Crippen molar-refractivity contribution in [3.63, 3.8) is 0 Å². The summed E-state index contributed by atoms with van der Waals surface area (Å²) in [6.45, 7) is 9.03. The molecule has 0 saturated carbocycles. The van der Waals surface area contributed by atoms with Gasteiger partial charge in [-0.2, -0.15) is 0 Å². The fourth-order valence-electron chi connectivity index (χ4n) is 3.45. The number of rotatable bonds is 7. The van der Waals surface area contributed by atoms with Gasteiger partial charge in [-0.25, -0.2) is 0 Å². The maximum absolute atomic E-state index is 12.5. The number of hydrogen-bond acceptors (Lipinski definition) is 3. The van der Waals surface area contributed by atoms with Gasteiger partial charge in [0.05, 0.1) is 12.1 Å². The molecule has 1 saturated heterocycles. The number of carbonyl (C=O) groups excluding carboxylic acids is 1. The Morgan fingerprint density at radius 2 is 1.88 bits per heavy atom. The van der Waals surface area contributed by atoms with Crippen LogP contribution in [0.3, 0.4) is 0 Å². The fourth-order valence-corrected chi connectivity index (χ4v) is 3.45. The molecule has 1 amide bonds. The van der Waals surface area contributed by atoms with E-state index in [0.717, 1.165) is 38.9 Å². The lowest BCUT2D eigenvalue weighted by atomic mass is 9.90. The normalized spacial score (nSPS) is 16.6. The van der Waals surface area contributed by atoms with E-state index in [4.69, 9.17) is 0 Å². The van der Waals surface area contributed by atoms with Gasteiger partial charge in [0.25, 0.3) is 0 Å². The molecule has 1 heterocycles. The summed E-state index contributed by atoms with van der Waals surface area (Å²) in [6.07, 6.45) is 3.28. The number of benzene rings is 1. The first kappa shape index (κ1) is 18.9. The predicted octanol–water partition coefficient (Wildman–Crippen LogP) is 2.56. The molecule has 1 aliphatic heterocycles. The van der Waals surface area contributed by atoms with Gasteiger partial charge in [-0.15, -0.1) is 0 Å². The Bertz CT molecular complexity index is 502. The molecule has 0 radical (unpaired) electrons. The molecule has 4 heteroatoms. The van der Waals surface area contributed by atoms with Gasteiger partial charge in [0.2, 0.25) is 5.91 Å². The second kappa shape index (κ2) is 8.63. The Balaban J connectivity index is 1.77. The van der Waals surface area contributed by atoms with Gasteiger partial charge in [-0.05, 0) is 51.1 Å². The lowest BCUT2D eigenvalue weighted by Crippen LogP contribution is -2.47. The summed E-state index contributed by atoms with van der Waals surface area (Å²) in [5, 5.41) is 9.95. The van der Waals surface area contributed by atoms with Crippen LogP contribution in [0.5, 0.6) is 0 Å². The SMILES string of the molecule is CCN(CC(=O)N1CCC(Cc2ccccc2)CC1)CC(C)(C)O. The van der Waals surface area contributed by atoms with Crippen LogP contribution in [0.25, 0.3) is 0 Å². The molecule has 0 aromatic heterocycles. The molecule has 0 unspecified atom stereocenters. The summed E-state index contributed by atoms with van der Waals surface area (Å²) in [5.74, 6) is 0.870. The molecule has 0 bridgehead atoms. The molecule has 1 aromatic rings. The zero-order chi connectivity index (χ0) is 17.6. The van der Waals surface area contributed by atoms with Crippen molar-refractivity contribution in [2.45, 2.75) is 45.6 Å². The third-order valence-electron chi connectivity index (χ3n) is 4.75. The van der Waals surface area contributed by atoms with Crippen molar-refractivity contribution >= 4 is 5.91 Å². The van der Waals surface area contributed by atoms with Crippen molar-refractivity contribution in [2.24, 2.45) is 5.92 Å². The molecule has 1 fully saturated rings. The van der Waals surface area contributed by atoms with Crippen molar-refractivity contribution in [2.75, 3.05) is 32.7 Å². The molecule has 0 aliphatic carbocycles. The van der Waals surface area contributed by atoms with Crippen LogP contribution in [0.1, 0.15) is 39.2 Å². The minimum Gasteiger partial charge on any atom is -0.389 e. The molecule has 0 spiro atoms. The van der Waals surface area contributed by atoms with Crippen LogP contribution in [0.4, 0.5) is 0 Å². The van der Waals surface area contributed by atoms with E-state index in [-0.39, 0.29) is 5.91 Å². The maximum atomic E-state index is 12.5. The largest absolute Gasteiger partial charge is 0.389 e. The first-order valence-corrected chi connectivity index (χ1v) is 9.14. The van der Waals surface area contributed by atoms with Crippen molar-refractivity contribution in [3.8, 4) is 0 Å². The van der Waals surface area contributed by atoms with Crippen LogP contribution in [0.15, 0.2) is 30.3 Å². The third kappa shape index (κ3) is 6.25. The lowest BCUT2D eigenvalue weighted by molar-refractivity contribution is -0.134. The molecular weight excluding hydrogens is 300 g/mol. The predicted molar refractivity (Wildman–Crippen MR) is 97.9 cm³/mol. The Kier molecular flexibility index (Phi) is 6.81. The first-order valence-electron chi connectivity index (χ1n) is 9.14. The van der Waals surface area contributed by atoms with Crippen LogP contribution < -0.4 is 0 Å². The van der Waals surface area contributed by atoms with E-state index in [0.29, 0.717) is 19.0 Å². The van der Waals surface area contributed by atoms with Crippen molar-refractivity contribution in [3.05, 3.63) is 35.9 Å². The number of likely N-dealkylation sites (N-methyl/N-ethyl adjacent to an activating group) is 1. The Hall–Kier alpha value is -1.39. The van der Waals surface area contributed by atoms with Gasteiger partial charge in [0, 0.05) is 19.6 Å². The number of hydrogen-bond donors (Lipinski definition) is 1. The zero-order valence-corrected chi connectivity index (χ0v) is 15.4. The average molecular weight is 332 g/mol. The van der Waals surface area contributed by atoms with E-state index in [1.165, 1.54) is 5.56 Å². The van der Waals surface area contributed by atoms with Gasteiger partial charge in [0.15, 0.2) is 0 Å². The van der Waals surface area contributed by atoms with Crippen LogP contribution in [0, 0.1) is 5.92 Å². The monoisotopic (exact) mass is 332 g/mol. The number of nitrogens with zero attached hydrogens (tertiary/aromatic N) is 2. The van der Waals surface area contributed by atoms with Gasteiger partial charge in [-0.3, -0.25) is 9.69 Å². The molecular formula is C20H32N2O2. The van der Waals surface area contributed by atoms with Gasteiger partial charge in [0.1, 0.15) is 0 Å². The van der Waals surface area contributed by atoms with Crippen LogP contribution >= 0.6 is 0 Å².